The minimum absolute atomic E-state index is 0.0208. The molecule has 4 aliphatic rings. The van der Waals surface area contributed by atoms with Crippen molar-refractivity contribution >= 4 is 23.2 Å². The summed E-state index contributed by atoms with van der Waals surface area (Å²) < 4.78 is 5.72. The SMILES string of the molecule is COc1ccc(CN2CCCC2)cc1-c1ccc(O)c2c1C[C@H]1C[C@@H]3C(N(C)C)C(=O)C(C(N)=O)=C(O)[C@@]3(O)C(=O)C1=C2O. The van der Waals surface area contributed by atoms with Crippen LogP contribution in [0.25, 0.3) is 16.9 Å². The van der Waals surface area contributed by atoms with E-state index in [1.54, 1.807) is 27.3 Å². The number of nitrogens with two attached hydrogens (primary N) is 1. The molecule has 6 rings (SSSR count). The van der Waals surface area contributed by atoms with Crippen LogP contribution in [0.3, 0.4) is 0 Å². The third-order valence-electron chi connectivity index (χ3n) is 9.76. The maximum atomic E-state index is 14.1. The molecule has 2 aromatic carbocycles. The Labute approximate surface area is 254 Å². The van der Waals surface area contributed by atoms with E-state index in [2.05, 4.69) is 4.90 Å². The molecule has 3 aliphatic carbocycles. The summed E-state index contributed by atoms with van der Waals surface area (Å²) in [4.78, 5) is 43.5. The molecular formula is C33H37N3O8. The number of likely N-dealkylation sites (N-methyl/N-ethyl adjacent to an activating group) is 1. The molecular weight excluding hydrogens is 566 g/mol. The summed E-state index contributed by atoms with van der Waals surface area (Å²) in [5, 5.41) is 45.5. The van der Waals surface area contributed by atoms with Crippen molar-refractivity contribution in [2.24, 2.45) is 17.6 Å². The van der Waals surface area contributed by atoms with Crippen LogP contribution in [-0.2, 0) is 27.3 Å². The summed E-state index contributed by atoms with van der Waals surface area (Å²) in [6.45, 7) is 2.83. The summed E-state index contributed by atoms with van der Waals surface area (Å²) in [5.74, 6) is -6.18. The van der Waals surface area contributed by atoms with E-state index in [4.69, 9.17) is 10.5 Å². The van der Waals surface area contributed by atoms with E-state index in [0.717, 1.165) is 43.6 Å². The minimum atomic E-state index is -2.68. The first kappa shape index (κ1) is 29.9. The van der Waals surface area contributed by atoms with Crippen molar-refractivity contribution < 1.29 is 39.5 Å². The van der Waals surface area contributed by atoms with Gasteiger partial charge in [0.05, 0.1) is 18.7 Å². The molecule has 1 saturated carbocycles. The standard InChI is InChI=1S/C33H37N3O8/c1-35(2)27-21-14-17-13-20-18(19-12-16(6-9-23(19)44-3)15-36-10-4-5-11-36)7-8-22(37)25(20)28(38)24(17)30(40)33(21,43)31(41)26(29(27)39)32(34)42/h6-9,12,17,21,27,37-38,41,43H,4-5,10-11,13-15H2,1-3H3,(H2,34,42)/t17-,21+,27?,33-/m0/s1. The average molecular weight is 604 g/mol. The Morgan fingerprint density at radius 1 is 1.09 bits per heavy atom. The van der Waals surface area contributed by atoms with Crippen molar-refractivity contribution in [3.8, 4) is 22.6 Å². The van der Waals surface area contributed by atoms with Crippen LogP contribution in [0.4, 0.5) is 0 Å². The van der Waals surface area contributed by atoms with E-state index in [0.29, 0.717) is 16.9 Å². The number of phenols is 1. The summed E-state index contributed by atoms with van der Waals surface area (Å²) in [6, 6.07) is 8.01. The van der Waals surface area contributed by atoms with Gasteiger partial charge in [0, 0.05) is 23.6 Å². The molecule has 0 radical (unpaired) electrons. The van der Waals surface area contributed by atoms with Crippen LogP contribution in [-0.4, -0.2) is 93.6 Å². The second-order valence-electron chi connectivity index (χ2n) is 12.5. The van der Waals surface area contributed by atoms with Crippen LogP contribution in [0.5, 0.6) is 11.5 Å². The van der Waals surface area contributed by atoms with Gasteiger partial charge >= 0.3 is 0 Å². The Balaban J connectivity index is 1.51. The van der Waals surface area contributed by atoms with E-state index in [-0.39, 0.29) is 29.7 Å². The quantitative estimate of drug-likeness (QED) is 0.308. The molecule has 1 aliphatic heterocycles. The third-order valence-corrected chi connectivity index (χ3v) is 9.76. The Kier molecular flexibility index (Phi) is 7.30. The lowest BCUT2D eigenvalue weighted by molar-refractivity contribution is -0.153. The van der Waals surface area contributed by atoms with Gasteiger partial charge in [0.25, 0.3) is 5.91 Å². The highest BCUT2D eigenvalue weighted by Crippen LogP contribution is 2.54. The second-order valence-corrected chi connectivity index (χ2v) is 12.5. The second kappa shape index (κ2) is 10.8. The van der Waals surface area contributed by atoms with Crippen molar-refractivity contribution in [3.05, 3.63) is 63.9 Å². The fourth-order valence-electron chi connectivity index (χ4n) is 7.76. The van der Waals surface area contributed by atoms with E-state index < -0.39 is 58.0 Å². The van der Waals surface area contributed by atoms with Gasteiger partial charge in [0.2, 0.25) is 5.78 Å². The fourth-order valence-corrected chi connectivity index (χ4v) is 7.76. The Morgan fingerprint density at radius 3 is 2.43 bits per heavy atom. The Hall–Kier alpha value is -4.19. The predicted molar refractivity (Wildman–Crippen MR) is 161 cm³/mol. The first-order valence-corrected chi connectivity index (χ1v) is 14.8. The van der Waals surface area contributed by atoms with Gasteiger partial charge in [-0.05, 0) is 93.7 Å². The number of methoxy groups -OCH3 is 1. The molecule has 2 aromatic rings. The number of amides is 1. The number of hydrogen-bond acceptors (Lipinski definition) is 10. The molecule has 0 spiro atoms. The lowest BCUT2D eigenvalue weighted by atomic mass is 9.57. The monoisotopic (exact) mass is 603 g/mol. The molecule has 6 N–H and O–H groups in total. The number of ether oxygens (including phenoxy) is 1. The van der Waals surface area contributed by atoms with Gasteiger partial charge in [0.15, 0.2) is 11.4 Å². The summed E-state index contributed by atoms with van der Waals surface area (Å²) in [6.07, 6.45) is 2.54. The lowest BCUT2D eigenvalue weighted by Crippen LogP contribution is -2.65. The largest absolute Gasteiger partial charge is 0.508 e. The third kappa shape index (κ3) is 4.33. The number of rotatable bonds is 6. The highest BCUT2D eigenvalue weighted by Gasteiger charge is 2.64. The van der Waals surface area contributed by atoms with Gasteiger partial charge in [-0.15, -0.1) is 0 Å². The van der Waals surface area contributed by atoms with Gasteiger partial charge in [0.1, 0.15) is 28.6 Å². The number of aliphatic hydroxyl groups is 3. The number of hydrogen-bond donors (Lipinski definition) is 5. The Morgan fingerprint density at radius 2 is 1.80 bits per heavy atom. The van der Waals surface area contributed by atoms with Crippen molar-refractivity contribution in [3.63, 3.8) is 0 Å². The predicted octanol–water partition coefficient (Wildman–Crippen LogP) is 2.24. The first-order valence-electron chi connectivity index (χ1n) is 14.8. The first-order chi connectivity index (χ1) is 20.9. The number of nitrogens with zero attached hydrogens (tertiary/aromatic N) is 2. The van der Waals surface area contributed by atoms with E-state index in [9.17, 15) is 34.8 Å². The zero-order valence-corrected chi connectivity index (χ0v) is 25.0. The van der Waals surface area contributed by atoms with E-state index >= 15 is 0 Å². The molecule has 1 saturated heterocycles. The van der Waals surface area contributed by atoms with Crippen molar-refractivity contribution in [1.29, 1.82) is 0 Å². The molecule has 1 heterocycles. The maximum absolute atomic E-state index is 14.1. The van der Waals surface area contributed by atoms with Crippen LogP contribution in [0.15, 0.2) is 47.2 Å². The van der Waals surface area contributed by atoms with E-state index in [1.807, 2.05) is 18.2 Å². The van der Waals surface area contributed by atoms with Gasteiger partial charge < -0.3 is 30.9 Å². The van der Waals surface area contributed by atoms with Crippen LogP contribution in [0.1, 0.15) is 36.0 Å². The van der Waals surface area contributed by atoms with Crippen LogP contribution < -0.4 is 10.5 Å². The van der Waals surface area contributed by atoms with Gasteiger partial charge in [-0.1, -0.05) is 12.1 Å². The number of aliphatic hydroxyl groups excluding tert-OH is 2. The molecule has 0 aromatic heterocycles. The number of likely N-dealkylation sites (tertiary alicyclic amines) is 1. The van der Waals surface area contributed by atoms with Gasteiger partial charge in [-0.3, -0.25) is 24.2 Å². The molecule has 232 valence electrons. The van der Waals surface area contributed by atoms with Gasteiger partial charge in [-0.2, -0.15) is 0 Å². The maximum Gasteiger partial charge on any atom is 0.255 e. The van der Waals surface area contributed by atoms with Crippen molar-refractivity contribution in [2.75, 3.05) is 34.3 Å². The molecule has 11 heteroatoms. The zero-order valence-electron chi connectivity index (χ0n) is 25.0. The zero-order chi connectivity index (χ0) is 31.7. The van der Waals surface area contributed by atoms with Crippen molar-refractivity contribution in [2.45, 2.75) is 43.9 Å². The highest BCUT2D eigenvalue weighted by molar-refractivity contribution is 6.24. The number of fused-ring (bicyclic) bond motifs is 3. The molecule has 1 unspecified atom stereocenters. The lowest BCUT2D eigenvalue weighted by Gasteiger charge is -2.50. The molecule has 1 amide bonds. The average Bonchev–Trinajstić information content (AvgIpc) is 3.48. The molecule has 0 bridgehead atoms. The molecule has 11 nitrogen and oxygen atoms in total. The molecule has 4 atom stereocenters. The molecule has 44 heavy (non-hydrogen) atoms. The molecule has 2 fully saturated rings. The Bertz CT molecular complexity index is 1650. The number of carbonyl (C=O) groups is 3. The smallest absolute Gasteiger partial charge is 0.255 e. The number of Topliss-reactive ketones (excluding diaryl/α,β-unsaturated/α-hetero) is 2. The topological polar surface area (TPSA) is 174 Å². The van der Waals surface area contributed by atoms with Crippen LogP contribution in [0.2, 0.25) is 0 Å². The van der Waals surface area contributed by atoms with Crippen LogP contribution in [0, 0.1) is 11.8 Å². The number of carbonyl (C=O) groups excluding carboxylic acids is 3. The number of phenolic OH excluding ortho intramolecular Hbond substituents is 1. The summed E-state index contributed by atoms with van der Waals surface area (Å²) in [7, 11) is 4.72. The minimum Gasteiger partial charge on any atom is -0.508 e. The fraction of sp³-hybridized carbons (Fsp3) is 0.424. The normalized spacial score (nSPS) is 27.0. The van der Waals surface area contributed by atoms with E-state index in [1.165, 1.54) is 11.0 Å². The highest BCUT2D eigenvalue weighted by atomic mass is 16.5. The van der Waals surface area contributed by atoms with Crippen molar-refractivity contribution in [1.82, 2.24) is 9.80 Å². The summed E-state index contributed by atoms with van der Waals surface area (Å²) in [5.41, 5.74) is 4.91. The number of ketones is 2. The number of primary amides is 1. The summed E-state index contributed by atoms with van der Waals surface area (Å²) >= 11 is 0. The van der Waals surface area contributed by atoms with Crippen LogP contribution >= 0.6 is 0 Å². The number of benzene rings is 2. The van der Waals surface area contributed by atoms with Gasteiger partial charge in [-0.25, -0.2) is 0 Å². The number of aromatic hydroxyl groups is 1.